The summed E-state index contributed by atoms with van der Waals surface area (Å²) < 4.78 is 39.5. The molecule has 10 heteroatoms. The summed E-state index contributed by atoms with van der Waals surface area (Å²) in [4.78, 5) is 19.1. The molecule has 0 aliphatic carbocycles. The number of ether oxygens (including phenoxy) is 2. The first-order valence-corrected chi connectivity index (χ1v) is 10.8. The number of hydrogen-bond acceptors (Lipinski definition) is 7. The van der Waals surface area contributed by atoms with Gasteiger partial charge in [-0.15, -0.1) is 0 Å². The van der Waals surface area contributed by atoms with Crippen molar-refractivity contribution in [2.24, 2.45) is 0 Å². The van der Waals surface area contributed by atoms with E-state index in [2.05, 4.69) is 14.7 Å². The molecule has 3 aromatic rings. The van der Waals surface area contributed by atoms with Crippen molar-refractivity contribution in [2.45, 2.75) is 11.8 Å². The molecule has 0 fully saturated rings. The molecule has 1 heterocycles. The number of aliphatic carboxylic acids is 1. The Labute approximate surface area is 185 Å². The van der Waals surface area contributed by atoms with E-state index in [9.17, 15) is 13.2 Å². The third kappa shape index (κ3) is 5.22. The second kappa shape index (κ2) is 9.48. The minimum atomic E-state index is -4.13. The fourth-order valence-corrected chi connectivity index (χ4v) is 4.25. The van der Waals surface area contributed by atoms with E-state index in [0.29, 0.717) is 28.3 Å². The average Bonchev–Trinajstić information content (AvgIpc) is 2.76. The van der Waals surface area contributed by atoms with Crippen molar-refractivity contribution >= 4 is 27.8 Å². The van der Waals surface area contributed by atoms with Gasteiger partial charge in [-0.3, -0.25) is 4.72 Å². The van der Waals surface area contributed by atoms with Crippen LogP contribution in [-0.2, 0) is 14.8 Å². The highest BCUT2D eigenvalue weighted by Gasteiger charge is 2.24. The number of aromatic nitrogens is 2. The van der Waals surface area contributed by atoms with Crippen molar-refractivity contribution < 1.29 is 27.8 Å². The standard InChI is InChI=1S/C22H21N3O6S/c1-14-23-10-9-18(24-14)16-5-4-6-17(13-16)25-32(28,29)20-12-15(7-8-21(26)27)11-19(30-2)22(20)31-3/h4-13,25H,1-3H3,(H,26,27)/b8-7+. The molecule has 0 atom stereocenters. The van der Waals surface area contributed by atoms with Crippen molar-refractivity contribution in [2.75, 3.05) is 18.9 Å². The normalized spacial score (nSPS) is 11.3. The maximum atomic E-state index is 13.2. The second-order valence-corrected chi connectivity index (χ2v) is 8.25. The molecule has 32 heavy (non-hydrogen) atoms. The Hall–Kier alpha value is -3.92. The summed E-state index contributed by atoms with van der Waals surface area (Å²) in [6.07, 6.45) is 3.79. The van der Waals surface area contributed by atoms with Crippen LogP contribution in [0.15, 0.2) is 59.6 Å². The molecule has 9 nitrogen and oxygen atoms in total. The number of sulfonamides is 1. The van der Waals surface area contributed by atoms with E-state index in [4.69, 9.17) is 14.6 Å². The molecule has 2 aromatic carbocycles. The summed E-state index contributed by atoms with van der Waals surface area (Å²) in [5.41, 5.74) is 1.99. The molecule has 0 spiro atoms. The maximum Gasteiger partial charge on any atom is 0.328 e. The summed E-state index contributed by atoms with van der Waals surface area (Å²) in [6, 6.07) is 11.3. The SMILES string of the molecule is COc1cc(/C=C/C(=O)O)cc(S(=O)(=O)Nc2cccc(-c3ccnc(C)n3)c2)c1OC. The molecule has 0 saturated heterocycles. The highest BCUT2D eigenvalue weighted by Crippen LogP contribution is 2.37. The Kier molecular flexibility index (Phi) is 6.74. The topological polar surface area (TPSA) is 128 Å². The summed E-state index contributed by atoms with van der Waals surface area (Å²) in [7, 11) is -1.44. The van der Waals surface area contributed by atoms with Gasteiger partial charge in [-0.1, -0.05) is 12.1 Å². The maximum absolute atomic E-state index is 13.2. The zero-order valence-corrected chi connectivity index (χ0v) is 18.4. The number of carbonyl (C=O) groups is 1. The predicted octanol–water partition coefficient (Wildman–Crippen LogP) is 3.37. The summed E-state index contributed by atoms with van der Waals surface area (Å²) >= 11 is 0. The number of benzene rings is 2. The molecule has 0 radical (unpaired) electrons. The number of nitrogens with zero attached hydrogens (tertiary/aromatic N) is 2. The van der Waals surface area contributed by atoms with E-state index in [1.165, 1.54) is 32.4 Å². The first-order chi connectivity index (χ1) is 15.2. The Morgan fingerprint density at radius 3 is 2.56 bits per heavy atom. The van der Waals surface area contributed by atoms with Crippen LogP contribution in [-0.4, -0.2) is 43.7 Å². The van der Waals surface area contributed by atoms with Crippen molar-refractivity contribution in [1.82, 2.24) is 9.97 Å². The summed E-state index contributed by atoms with van der Waals surface area (Å²) in [5.74, 6) is -0.434. The molecule has 1 aromatic heterocycles. The lowest BCUT2D eigenvalue weighted by atomic mass is 10.1. The van der Waals surface area contributed by atoms with Gasteiger partial charge in [0.2, 0.25) is 0 Å². The molecule has 0 unspecified atom stereocenters. The van der Waals surface area contributed by atoms with Gasteiger partial charge in [0, 0.05) is 23.5 Å². The number of hydrogen-bond donors (Lipinski definition) is 2. The van der Waals surface area contributed by atoms with Gasteiger partial charge in [0.1, 0.15) is 10.7 Å². The van der Waals surface area contributed by atoms with Crippen LogP contribution in [0, 0.1) is 6.92 Å². The lowest BCUT2D eigenvalue weighted by Crippen LogP contribution is -2.15. The van der Waals surface area contributed by atoms with Crippen molar-refractivity contribution in [3.05, 3.63) is 66.1 Å². The predicted molar refractivity (Wildman–Crippen MR) is 119 cm³/mol. The Morgan fingerprint density at radius 1 is 1.12 bits per heavy atom. The van der Waals surface area contributed by atoms with Crippen LogP contribution in [0.4, 0.5) is 5.69 Å². The molecule has 2 N–H and O–H groups in total. The number of methoxy groups -OCH3 is 2. The van der Waals surface area contributed by atoms with Crippen LogP contribution in [0.5, 0.6) is 11.5 Å². The van der Waals surface area contributed by atoms with Gasteiger partial charge < -0.3 is 14.6 Å². The van der Waals surface area contributed by atoms with Gasteiger partial charge in [-0.05, 0) is 48.9 Å². The van der Waals surface area contributed by atoms with Crippen LogP contribution < -0.4 is 14.2 Å². The Bertz CT molecular complexity index is 1290. The van der Waals surface area contributed by atoms with Gasteiger partial charge in [0.15, 0.2) is 11.5 Å². The quantitative estimate of drug-likeness (QED) is 0.495. The molecule has 0 amide bonds. The van der Waals surface area contributed by atoms with Gasteiger partial charge >= 0.3 is 5.97 Å². The minimum absolute atomic E-state index is 0.00458. The van der Waals surface area contributed by atoms with E-state index in [1.54, 1.807) is 43.5 Å². The first-order valence-electron chi connectivity index (χ1n) is 9.33. The lowest BCUT2D eigenvalue weighted by molar-refractivity contribution is -0.131. The first kappa shape index (κ1) is 22.8. The molecule has 0 aliphatic heterocycles. The van der Waals surface area contributed by atoms with E-state index in [-0.39, 0.29) is 16.4 Å². The fraction of sp³-hybridized carbons (Fsp3) is 0.136. The van der Waals surface area contributed by atoms with Crippen molar-refractivity contribution in [3.63, 3.8) is 0 Å². The largest absolute Gasteiger partial charge is 0.493 e. The van der Waals surface area contributed by atoms with Gasteiger partial charge in [0.25, 0.3) is 10.0 Å². The zero-order valence-electron chi connectivity index (χ0n) is 17.6. The number of carboxylic acid groups (broad SMARTS) is 1. The molecule has 0 saturated carbocycles. The van der Waals surface area contributed by atoms with Crippen LogP contribution >= 0.6 is 0 Å². The van der Waals surface area contributed by atoms with Gasteiger partial charge in [-0.25, -0.2) is 23.2 Å². The van der Waals surface area contributed by atoms with Crippen LogP contribution in [0.25, 0.3) is 17.3 Å². The van der Waals surface area contributed by atoms with Crippen molar-refractivity contribution in [1.29, 1.82) is 0 Å². The molecular formula is C22H21N3O6S. The van der Waals surface area contributed by atoms with E-state index in [1.807, 2.05) is 0 Å². The fourth-order valence-electron chi connectivity index (χ4n) is 2.98. The summed E-state index contributed by atoms with van der Waals surface area (Å²) in [5, 5.41) is 8.88. The number of rotatable bonds is 8. The third-order valence-electron chi connectivity index (χ3n) is 4.36. The van der Waals surface area contributed by atoms with Crippen molar-refractivity contribution in [3.8, 4) is 22.8 Å². The second-order valence-electron chi connectivity index (χ2n) is 6.60. The lowest BCUT2D eigenvalue weighted by Gasteiger charge is -2.16. The van der Waals surface area contributed by atoms with Gasteiger partial charge in [-0.2, -0.15) is 0 Å². The van der Waals surface area contributed by atoms with Gasteiger partial charge in [0.05, 0.1) is 19.9 Å². The molecule has 0 bridgehead atoms. The monoisotopic (exact) mass is 455 g/mol. The minimum Gasteiger partial charge on any atom is -0.493 e. The van der Waals surface area contributed by atoms with Crippen LogP contribution in [0.2, 0.25) is 0 Å². The van der Waals surface area contributed by atoms with Crippen LogP contribution in [0.1, 0.15) is 11.4 Å². The smallest absolute Gasteiger partial charge is 0.328 e. The average molecular weight is 455 g/mol. The highest BCUT2D eigenvalue weighted by molar-refractivity contribution is 7.92. The molecule has 166 valence electrons. The van der Waals surface area contributed by atoms with E-state index >= 15 is 0 Å². The molecule has 0 aliphatic rings. The van der Waals surface area contributed by atoms with Crippen LogP contribution in [0.3, 0.4) is 0 Å². The van der Waals surface area contributed by atoms with E-state index in [0.717, 1.165) is 6.08 Å². The Morgan fingerprint density at radius 2 is 1.91 bits per heavy atom. The summed E-state index contributed by atoms with van der Waals surface area (Å²) in [6.45, 7) is 1.77. The molecule has 3 rings (SSSR count). The number of carboxylic acids is 1. The zero-order chi connectivity index (χ0) is 23.3. The third-order valence-corrected chi connectivity index (χ3v) is 5.75. The number of nitrogens with one attached hydrogen (secondary N) is 1. The Balaban J connectivity index is 2.03. The highest BCUT2D eigenvalue weighted by atomic mass is 32.2. The molecular weight excluding hydrogens is 434 g/mol. The number of aryl methyl sites for hydroxylation is 1. The number of anilines is 1. The van der Waals surface area contributed by atoms with E-state index < -0.39 is 16.0 Å².